The number of ether oxygens (including phenoxy) is 2. The average molecular weight is 249 g/mol. The smallest absolute Gasteiger partial charge is 0.120 e. The molecule has 1 fully saturated rings. The molecule has 0 bridgehead atoms. The predicted molar refractivity (Wildman–Crippen MR) is 73.0 cm³/mol. The SMILES string of the molecule is CCCOc1ccc(OC2CC(N)C2(C)C)cc1. The molecule has 100 valence electrons. The third kappa shape index (κ3) is 2.61. The summed E-state index contributed by atoms with van der Waals surface area (Å²) in [5.41, 5.74) is 6.05. The number of hydrogen-bond acceptors (Lipinski definition) is 3. The second-order valence-corrected chi connectivity index (χ2v) is 5.59. The zero-order valence-electron chi connectivity index (χ0n) is 11.5. The van der Waals surface area contributed by atoms with Crippen LogP contribution in [0, 0.1) is 5.41 Å². The fourth-order valence-electron chi connectivity index (χ4n) is 2.12. The zero-order chi connectivity index (χ0) is 13.2. The zero-order valence-corrected chi connectivity index (χ0v) is 11.5. The summed E-state index contributed by atoms with van der Waals surface area (Å²) in [7, 11) is 0. The van der Waals surface area contributed by atoms with Crippen molar-refractivity contribution in [3.63, 3.8) is 0 Å². The molecule has 0 aliphatic heterocycles. The van der Waals surface area contributed by atoms with Crippen LogP contribution in [0.25, 0.3) is 0 Å². The van der Waals surface area contributed by atoms with Crippen molar-refractivity contribution < 1.29 is 9.47 Å². The molecule has 1 aromatic carbocycles. The van der Waals surface area contributed by atoms with Gasteiger partial charge in [-0.25, -0.2) is 0 Å². The van der Waals surface area contributed by atoms with Crippen LogP contribution in [-0.2, 0) is 0 Å². The second kappa shape index (κ2) is 5.19. The molecule has 1 saturated carbocycles. The van der Waals surface area contributed by atoms with Gasteiger partial charge in [0.2, 0.25) is 0 Å². The summed E-state index contributed by atoms with van der Waals surface area (Å²) < 4.78 is 11.5. The Hall–Kier alpha value is -1.22. The first-order valence-corrected chi connectivity index (χ1v) is 6.69. The van der Waals surface area contributed by atoms with Crippen molar-refractivity contribution in [2.75, 3.05) is 6.61 Å². The normalized spacial score (nSPS) is 25.3. The van der Waals surface area contributed by atoms with E-state index in [2.05, 4.69) is 20.8 Å². The molecule has 2 N–H and O–H groups in total. The molecule has 0 aromatic heterocycles. The van der Waals surface area contributed by atoms with Gasteiger partial charge in [0, 0.05) is 17.9 Å². The standard InChI is InChI=1S/C15H23NO2/c1-4-9-17-11-5-7-12(8-6-11)18-14-10-13(16)15(14,2)3/h5-8,13-14H,4,9-10,16H2,1-3H3. The van der Waals surface area contributed by atoms with E-state index in [1.165, 1.54) is 0 Å². The highest BCUT2D eigenvalue weighted by Crippen LogP contribution is 2.41. The molecule has 18 heavy (non-hydrogen) atoms. The Kier molecular flexibility index (Phi) is 3.81. The van der Waals surface area contributed by atoms with E-state index in [-0.39, 0.29) is 17.6 Å². The molecule has 1 aliphatic rings. The summed E-state index contributed by atoms with van der Waals surface area (Å²) in [6, 6.07) is 8.08. The van der Waals surface area contributed by atoms with E-state index in [4.69, 9.17) is 15.2 Å². The summed E-state index contributed by atoms with van der Waals surface area (Å²) in [4.78, 5) is 0. The molecule has 2 unspecified atom stereocenters. The van der Waals surface area contributed by atoms with Gasteiger partial charge in [0.15, 0.2) is 0 Å². The van der Waals surface area contributed by atoms with Crippen LogP contribution in [0.5, 0.6) is 11.5 Å². The van der Waals surface area contributed by atoms with E-state index in [1.54, 1.807) is 0 Å². The lowest BCUT2D eigenvalue weighted by molar-refractivity contribution is -0.0400. The molecular weight excluding hydrogens is 226 g/mol. The van der Waals surface area contributed by atoms with Crippen LogP contribution in [0.1, 0.15) is 33.6 Å². The van der Waals surface area contributed by atoms with Gasteiger partial charge < -0.3 is 15.2 Å². The third-order valence-corrected chi connectivity index (χ3v) is 3.83. The summed E-state index contributed by atoms with van der Waals surface area (Å²) in [5, 5.41) is 0. The first-order chi connectivity index (χ1) is 8.54. The van der Waals surface area contributed by atoms with Gasteiger partial charge in [-0.3, -0.25) is 0 Å². The molecule has 0 spiro atoms. The molecule has 0 radical (unpaired) electrons. The highest BCUT2D eigenvalue weighted by atomic mass is 16.5. The molecule has 2 rings (SSSR count). The first kappa shape index (κ1) is 13.2. The van der Waals surface area contributed by atoms with Crippen molar-refractivity contribution in [3.05, 3.63) is 24.3 Å². The van der Waals surface area contributed by atoms with E-state index in [0.717, 1.165) is 30.9 Å². The second-order valence-electron chi connectivity index (χ2n) is 5.59. The van der Waals surface area contributed by atoms with Gasteiger partial charge >= 0.3 is 0 Å². The Morgan fingerprint density at radius 3 is 2.33 bits per heavy atom. The molecule has 0 saturated heterocycles. The van der Waals surface area contributed by atoms with Crippen molar-refractivity contribution in [1.82, 2.24) is 0 Å². The first-order valence-electron chi connectivity index (χ1n) is 6.69. The van der Waals surface area contributed by atoms with Gasteiger partial charge in [0.25, 0.3) is 0 Å². The minimum Gasteiger partial charge on any atom is -0.494 e. The maximum Gasteiger partial charge on any atom is 0.120 e. The van der Waals surface area contributed by atoms with Crippen LogP contribution in [0.4, 0.5) is 0 Å². The summed E-state index contributed by atoms with van der Waals surface area (Å²) in [6.45, 7) is 7.17. The van der Waals surface area contributed by atoms with E-state index >= 15 is 0 Å². The molecule has 3 heteroatoms. The van der Waals surface area contributed by atoms with E-state index < -0.39 is 0 Å². The Bertz CT molecular complexity index is 386. The van der Waals surface area contributed by atoms with E-state index in [9.17, 15) is 0 Å². The maximum absolute atomic E-state index is 5.98. The monoisotopic (exact) mass is 249 g/mol. The number of hydrogen-bond donors (Lipinski definition) is 1. The minimum atomic E-state index is 0.0668. The lowest BCUT2D eigenvalue weighted by Crippen LogP contribution is -2.60. The average Bonchev–Trinajstić information content (AvgIpc) is 2.37. The van der Waals surface area contributed by atoms with Gasteiger partial charge in [0.1, 0.15) is 17.6 Å². The molecule has 0 heterocycles. The van der Waals surface area contributed by atoms with Crippen LogP contribution >= 0.6 is 0 Å². The van der Waals surface area contributed by atoms with Crippen LogP contribution in [-0.4, -0.2) is 18.8 Å². The van der Waals surface area contributed by atoms with Gasteiger partial charge in [-0.05, 0) is 30.7 Å². The van der Waals surface area contributed by atoms with Gasteiger partial charge in [0.05, 0.1) is 6.61 Å². The predicted octanol–water partition coefficient (Wildman–Crippen LogP) is 2.98. The highest BCUT2D eigenvalue weighted by molar-refractivity contribution is 5.31. The fraction of sp³-hybridized carbons (Fsp3) is 0.600. The Morgan fingerprint density at radius 1 is 1.22 bits per heavy atom. The topological polar surface area (TPSA) is 44.5 Å². The van der Waals surface area contributed by atoms with Crippen molar-refractivity contribution in [2.45, 2.75) is 45.8 Å². The largest absolute Gasteiger partial charge is 0.494 e. The maximum atomic E-state index is 5.98. The number of rotatable bonds is 5. The van der Waals surface area contributed by atoms with Gasteiger partial charge in [-0.15, -0.1) is 0 Å². The summed E-state index contributed by atoms with van der Waals surface area (Å²) in [6.07, 6.45) is 2.17. The lowest BCUT2D eigenvalue weighted by Gasteiger charge is -2.49. The summed E-state index contributed by atoms with van der Waals surface area (Å²) in [5.74, 6) is 1.79. The van der Waals surface area contributed by atoms with Gasteiger partial charge in [-0.1, -0.05) is 20.8 Å². The number of nitrogens with two attached hydrogens (primary N) is 1. The van der Waals surface area contributed by atoms with Crippen LogP contribution in [0.15, 0.2) is 24.3 Å². The molecule has 1 aliphatic carbocycles. The van der Waals surface area contributed by atoms with Crippen molar-refractivity contribution >= 4 is 0 Å². The van der Waals surface area contributed by atoms with Crippen molar-refractivity contribution in [2.24, 2.45) is 11.1 Å². The van der Waals surface area contributed by atoms with Crippen LogP contribution in [0.3, 0.4) is 0 Å². The van der Waals surface area contributed by atoms with Crippen LogP contribution < -0.4 is 15.2 Å². The molecule has 1 aromatic rings. The highest BCUT2D eigenvalue weighted by Gasteiger charge is 2.47. The van der Waals surface area contributed by atoms with Crippen molar-refractivity contribution in [3.8, 4) is 11.5 Å². The molecule has 3 nitrogen and oxygen atoms in total. The Labute approximate surface area is 109 Å². The summed E-state index contributed by atoms with van der Waals surface area (Å²) >= 11 is 0. The minimum absolute atomic E-state index is 0.0668. The molecule has 2 atom stereocenters. The fourth-order valence-corrected chi connectivity index (χ4v) is 2.12. The molecular formula is C15H23NO2. The third-order valence-electron chi connectivity index (χ3n) is 3.83. The number of benzene rings is 1. The molecule has 0 amide bonds. The lowest BCUT2D eigenvalue weighted by atomic mass is 9.65. The van der Waals surface area contributed by atoms with Crippen molar-refractivity contribution in [1.29, 1.82) is 0 Å². The van der Waals surface area contributed by atoms with E-state index in [0.29, 0.717) is 0 Å². The van der Waals surface area contributed by atoms with Crippen LogP contribution in [0.2, 0.25) is 0 Å². The van der Waals surface area contributed by atoms with E-state index in [1.807, 2.05) is 24.3 Å². The van der Waals surface area contributed by atoms with Gasteiger partial charge in [-0.2, -0.15) is 0 Å². The Morgan fingerprint density at radius 2 is 1.83 bits per heavy atom. The quantitative estimate of drug-likeness (QED) is 0.872. The Balaban J connectivity index is 1.91.